The van der Waals surface area contributed by atoms with Gasteiger partial charge < -0.3 is 10.6 Å². The number of alkyl halides is 2. The minimum atomic E-state index is -3.83. The van der Waals surface area contributed by atoms with Gasteiger partial charge in [-0.05, 0) is 11.6 Å². The van der Waals surface area contributed by atoms with E-state index in [2.05, 4.69) is 9.97 Å². The summed E-state index contributed by atoms with van der Waals surface area (Å²) in [7, 11) is -3.83. The molecule has 1 fully saturated rings. The maximum absolute atomic E-state index is 13.7. The number of nitrogen functional groups attached to an aromatic ring is 1. The number of hydrogen-bond donors (Lipinski definition) is 2. The van der Waals surface area contributed by atoms with Gasteiger partial charge in [0.2, 0.25) is 9.84 Å². The Kier molecular flexibility index (Phi) is 5.84. The highest BCUT2D eigenvalue weighted by atomic mass is 35.5. The lowest BCUT2D eigenvalue weighted by molar-refractivity contribution is 0.0257. The fraction of sp³-hybridized carbons (Fsp3) is 0.412. The summed E-state index contributed by atoms with van der Waals surface area (Å²) < 4.78 is 52.2. The van der Waals surface area contributed by atoms with E-state index < -0.39 is 27.5 Å². The number of halogens is 3. The zero-order valence-corrected chi connectivity index (χ0v) is 17.2. The first kappa shape index (κ1) is 21.5. The molecule has 0 atom stereocenters. The molecule has 0 unspecified atom stereocenters. The maximum Gasteiger partial charge on any atom is 0.266 e. The number of sulfone groups is 1. The third-order valence-electron chi connectivity index (χ3n) is 4.58. The number of benzene rings is 1. The summed E-state index contributed by atoms with van der Waals surface area (Å²) in [5.41, 5.74) is 6.72. The molecule has 1 aromatic heterocycles. The molecule has 3 rings (SSSR count). The maximum atomic E-state index is 13.7. The van der Waals surface area contributed by atoms with Crippen molar-refractivity contribution in [2.24, 2.45) is 5.84 Å². The highest BCUT2D eigenvalue weighted by Crippen LogP contribution is 2.36. The number of aromatic nitrogens is 2. The molecule has 158 valence electrons. The fourth-order valence-corrected chi connectivity index (χ4v) is 3.86. The van der Waals surface area contributed by atoms with Gasteiger partial charge in [0.05, 0.1) is 18.8 Å². The number of rotatable bonds is 6. The zero-order valence-electron chi connectivity index (χ0n) is 15.6. The molecule has 0 saturated carbocycles. The van der Waals surface area contributed by atoms with Crippen LogP contribution in [-0.4, -0.2) is 43.2 Å². The van der Waals surface area contributed by atoms with Crippen LogP contribution in [0, 0.1) is 0 Å². The lowest BCUT2D eigenvalue weighted by Gasteiger charge is -2.25. The van der Waals surface area contributed by atoms with Crippen molar-refractivity contribution in [1.82, 2.24) is 9.97 Å². The topological polar surface area (TPSA) is 118 Å². The Bertz CT molecular complexity index is 1020. The summed E-state index contributed by atoms with van der Waals surface area (Å²) in [4.78, 5) is 9.27. The van der Waals surface area contributed by atoms with Crippen LogP contribution >= 0.6 is 11.6 Å². The van der Waals surface area contributed by atoms with Gasteiger partial charge >= 0.3 is 0 Å². The largest absolute Gasteiger partial charge is 0.393 e. The van der Waals surface area contributed by atoms with Crippen molar-refractivity contribution in [3.05, 3.63) is 34.9 Å². The summed E-state index contributed by atoms with van der Waals surface area (Å²) in [5.74, 6) is 2.79. The predicted molar refractivity (Wildman–Crippen MR) is 108 cm³/mol. The summed E-state index contributed by atoms with van der Waals surface area (Å²) in [5, 5.41) is 1.07. The molecule has 0 radical (unpaired) electrons. The van der Waals surface area contributed by atoms with Gasteiger partial charge in [0.1, 0.15) is 5.69 Å². The minimum absolute atomic E-state index is 0.0195. The van der Waals surface area contributed by atoms with Gasteiger partial charge in [0.25, 0.3) is 11.1 Å². The summed E-state index contributed by atoms with van der Waals surface area (Å²) in [6.45, 7) is 0.868. The van der Waals surface area contributed by atoms with Crippen molar-refractivity contribution in [1.29, 1.82) is 0 Å². The summed E-state index contributed by atoms with van der Waals surface area (Å²) >= 11 is 6.15. The second-order valence-corrected chi connectivity index (χ2v) is 9.30. The molecule has 2 aromatic rings. The second kappa shape index (κ2) is 7.88. The number of hydrazine groups is 1. The first-order chi connectivity index (χ1) is 13.5. The van der Waals surface area contributed by atoms with Gasteiger partial charge in [0, 0.05) is 18.0 Å². The smallest absolute Gasteiger partial charge is 0.266 e. The van der Waals surface area contributed by atoms with E-state index in [-0.39, 0.29) is 42.6 Å². The van der Waals surface area contributed by atoms with Gasteiger partial charge in [-0.2, -0.15) is 9.97 Å². The third kappa shape index (κ3) is 4.51. The van der Waals surface area contributed by atoms with E-state index in [1.807, 2.05) is 0 Å². The van der Waals surface area contributed by atoms with E-state index in [0.717, 1.165) is 5.01 Å². The van der Waals surface area contributed by atoms with Crippen LogP contribution in [0.4, 0.5) is 26.1 Å². The molecule has 8 nitrogen and oxygen atoms in total. The van der Waals surface area contributed by atoms with E-state index in [4.69, 9.17) is 23.2 Å². The molecule has 0 spiro atoms. The number of nitrogens with zero attached hydrogens (tertiary/aromatic N) is 4. The van der Waals surface area contributed by atoms with Crippen LogP contribution in [0.5, 0.6) is 0 Å². The van der Waals surface area contributed by atoms with Crippen molar-refractivity contribution in [2.45, 2.75) is 31.0 Å². The Morgan fingerprint density at radius 3 is 2.59 bits per heavy atom. The summed E-state index contributed by atoms with van der Waals surface area (Å²) in [6.07, 6.45) is -0.381. The van der Waals surface area contributed by atoms with Crippen molar-refractivity contribution in [2.75, 3.05) is 34.5 Å². The average molecular weight is 447 g/mol. The average Bonchev–Trinajstić information content (AvgIpc) is 3.03. The van der Waals surface area contributed by atoms with Crippen molar-refractivity contribution >= 4 is 38.8 Å². The van der Waals surface area contributed by atoms with Crippen LogP contribution in [0.15, 0.2) is 29.4 Å². The zero-order chi connectivity index (χ0) is 21.4. The first-order valence-electron chi connectivity index (χ1n) is 8.83. The molecular weight excluding hydrogens is 426 g/mol. The fourth-order valence-electron chi connectivity index (χ4n) is 2.96. The molecule has 12 heteroatoms. The van der Waals surface area contributed by atoms with Crippen LogP contribution in [0.2, 0.25) is 5.02 Å². The normalized spacial score (nSPS) is 16.2. The predicted octanol–water partition coefficient (Wildman–Crippen LogP) is 2.23. The second-order valence-electron chi connectivity index (χ2n) is 6.72. The van der Waals surface area contributed by atoms with E-state index in [0.29, 0.717) is 10.6 Å². The van der Waals surface area contributed by atoms with Crippen LogP contribution in [0.3, 0.4) is 0 Å². The van der Waals surface area contributed by atoms with Crippen LogP contribution < -0.4 is 21.5 Å². The quantitative estimate of drug-likeness (QED) is 0.394. The third-order valence-corrected chi connectivity index (χ3v) is 6.45. The lowest BCUT2D eigenvalue weighted by Crippen LogP contribution is -2.34. The SMILES string of the molecule is CCS(=O)(=O)c1nc(N(N)Cc2ccccc2Cl)c(N)c(N2CCC(F)(F)C2)n1. The Morgan fingerprint density at radius 2 is 2.00 bits per heavy atom. The molecule has 0 bridgehead atoms. The molecule has 0 aliphatic carbocycles. The highest BCUT2D eigenvalue weighted by Gasteiger charge is 2.40. The Morgan fingerprint density at radius 1 is 1.31 bits per heavy atom. The van der Waals surface area contributed by atoms with E-state index in [1.54, 1.807) is 24.3 Å². The number of nitrogens with two attached hydrogens (primary N) is 2. The van der Waals surface area contributed by atoms with Gasteiger partial charge in [-0.25, -0.2) is 23.0 Å². The molecule has 29 heavy (non-hydrogen) atoms. The van der Waals surface area contributed by atoms with Gasteiger partial charge in [-0.3, -0.25) is 5.01 Å². The van der Waals surface area contributed by atoms with Gasteiger partial charge in [0.15, 0.2) is 11.6 Å². The lowest BCUT2D eigenvalue weighted by atomic mass is 10.2. The molecule has 2 heterocycles. The van der Waals surface area contributed by atoms with Gasteiger partial charge in [-0.1, -0.05) is 36.7 Å². The molecule has 1 aliphatic rings. The van der Waals surface area contributed by atoms with Crippen molar-refractivity contribution in [3.63, 3.8) is 0 Å². The standard InChI is InChI=1S/C17H21ClF2N6O2S/c1-2-29(27,28)16-23-14(25-8-7-17(19,20)10-25)13(21)15(24-16)26(22)9-11-5-3-4-6-12(11)18/h3-6H,2,7-10,21-22H2,1H3. The van der Waals surface area contributed by atoms with Gasteiger partial charge in [-0.15, -0.1) is 0 Å². The Balaban J connectivity index is 2.07. The summed E-state index contributed by atoms with van der Waals surface area (Å²) in [6, 6.07) is 6.94. The Labute approximate surface area is 172 Å². The minimum Gasteiger partial charge on any atom is -0.393 e. The van der Waals surface area contributed by atoms with Crippen molar-refractivity contribution in [3.8, 4) is 0 Å². The highest BCUT2D eigenvalue weighted by molar-refractivity contribution is 7.91. The Hall–Kier alpha value is -2.24. The molecule has 1 saturated heterocycles. The van der Waals surface area contributed by atoms with Crippen molar-refractivity contribution < 1.29 is 17.2 Å². The van der Waals surface area contributed by atoms with Crippen LogP contribution in [0.25, 0.3) is 0 Å². The van der Waals surface area contributed by atoms with Crippen LogP contribution in [-0.2, 0) is 16.4 Å². The van der Waals surface area contributed by atoms with E-state index in [9.17, 15) is 17.2 Å². The molecule has 4 N–H and O–H groups in total. The first-order valence-corrected chi connectivity index (χ1v) is 10.9. The molecule has 1 aliphatic heterocycles. The number of anilines is 3. The van der Waals surface area contributed by atoms with E-state index in [1.165, 1.54) is 11.8 Å². The molecule has 0 amide bonds. The molecular formula is C17H21ClF2N6O2S. The van der Waals surface area contributed by atoms with Crippen LogP contribution in [0.1, 0.15) is 18.9 Å². The van der Waals surface area contributed by atoms with E-state index >= 15 is 0 Å². The number of hydrogen-bond acceptors (Lipinski definition) is 8. The monoisotopic (exact) mass is 446 g/mol. The molecule has 1 aromatic carbocycles.